The number of hydrogen-bond donors (Lipinski definition) is 2. The summed E-state index contributed by atoms with van der Waals surface area (Å²) in [4.78, 5) is 8.14. The summed E-state index contributed by atoms with van der Waals surface area (Å²) in [6.45, 7) is 4.04. The van der Waals surface area contributed by atoms with Gasteiger partial charge in [0.05, 0.1) is 6.26 Å². The third-order valence-electron chi connectivity index (χ3n) is 2.02. The fourth-order valence-electron chi connectivity index (χ4n) is 1.40. The number of rotatable bonds is 6. The first-order valence-corrected chi connectivity index (χ1v) is 8.42. The predicted molar refractivity (Wildman–Crippen MR) is 74.4 cm³/mol. The SMILES string of the molecule is CSc1cc(NCC(C)(C)NS(C)(=O)=O)ncn1. The van der Waals surface area contributed by atoms with Gasteiger partial charge in [-0.25, -0.2) is 23.1 Å². The van der Waals surface area contributed by atoms with Gasteiger partial charge in [0.2, 0.25) is 10.0 Å². The molecule has 0 aliphatic carbocycles. The van der Waals surface area contributed by atoms with Crippen LogP contribution in [0.5, 0.6) is 0 Å². The minimum Gasteiger partial charge on any atom is -0.368 e. The van der Waals surface area contributed by atoms with Crippen molar-refractivity contribution >= 4 is 27.6 Å². The molecule has 0 aliphatic rings. The van der Waals surface area contributed by atoms with Gasteiger partial charge in [0.1, 0.15) is 17.2 Å². The van der Waals surface area contributed by atoms with Gasteiger partial charge in [-0.05, 0) is 20.1 Å². The fourth-order valence-corrected chi connectivity index (χ4v) is 2.86. The summed E-state index contributed by atoms with van der Waals surface area (Å²) < 4.78 is 24.9. The molecule has 0 saturated heterocycles. The summed E-state index contributed by atoms with van der Waals surface area (Å²) in [7, 11) is -3.23. The van der Waals surface area contributed by atoms with Gasteiger partial charge in [0.25, 0.3) is 0 Å². The van der Waals surface area contributed by atoms with Crippen LogP contribution in [0.25, 0.3) is 0 Å². The number of nitrogens with one attached hydrogen (secondary N) is 2. The topological polar surface area (TPSA) is 84.0 Å². The lowest BCUT2D eigenvalue weighted by Gasteiger charge is -2.25. The van der Waals surface area contributed by atoms with E-state index in [1.54, 1.807) is 13.8 Å². The van der Waals surface area contributed by atoms with Gasteiger partial charge in [-0.1, -0.05) is 0 Å². The minimum atomic E-state index is -3.23. The van der Waals surface area contributed by atoms with Crippen LogP contribution in [-0.2, 0) is 10.0 Å². The van der Waals surface area contributed by atoms with Crippen LogP contribution < -0.4 is 10.0 Å². The zero-order chi connectivity index (χ0) is 13.8. The molecule has 0 aromatic carbocycles. The van der Waals surface area contributed by atoms with Crippen molar-refractivity contribution in [2.24, 2.45) is 0 Å². The molecule has 18 heavy (non-hydrogen) atoms. The summed E-state index contributed by atoms with van der Waals surface area (Å²) in [5.41, 5.74) is -0.585. The van der Waals surface area contributed by atoms with Crippen LogP contribution in [-0.4, -0.2) is 43.0 Å². The molecule has 8 heteroatoms. The fraction of sp³-hybridized carbons (Fsp3) is 0.600. The number of hydrogen-bond acceptors (Lipinski definition) is 6. The number of aromatic nitrogens is 2. The molecular weight excluding hydrogens is 272 g/mol. The second-order valence-corrected chi connectivity index (χ2v) is 7.13. The van der Waals surface area contributed by atoms with E-state index in [1.807, 2.05) is 12.3 Å². The van der Waals surface area contributed by atoms with E-state index in [0.29, 0.717) is 12.4 Å². The summed E-state index contributed by atoms with van der Waals surface area (Å²) in [5.74, 6) is 0.678. The van der Waals surface area contributed by atoms with Crippen molar-refractivity contribution in [3.63, 3.8) is 0 Å². The molecule has 102 valence electrons. The Labute approximate surface area is 112 Å². The second kappa shape index (κ2) is 5.85. The Kier molecular flexibility index (Phi) is 4.94. The first-order chi connectivity index (χ1) is 8.22. The van der Waals surface area contributed by atoms with Crippen LogP contribution >= 0.6 is 11.8 Å². The molecule has 2 N–H and O–H groups in total. The van der Waals surface area contributed by atoms with E-state index in [0.717, 1.165) is 11.3 Å². The maximum absolute atomic E-state index is 11.2. The molecular formula is C10H18N4O2S2. The zero-order valence-electron chi connectivity index (χ0n) is 10.9. The Bertz CT molecular complexity index is 502. The minimum absolute atomic E-state index is 0.435. The van der Waals surface area contributed by atoms with Crippen molar-refractivity contribution in [1.29, 1.82) is 0 Å². The molecule has 0 saturated carbocycles. The molecule has 0 spiro atoms. The van der Waals surface area contributed by atoms with Crippen molar-refractivity contribution in [2.45, 2.75) is 24.4 Å². The lowest BCUT2D eigenvalue weighted by molar-refractivity contribution is 0.476. The number of thioether (sulfide) groups is 1. The van der Waals surface area contributed by atoms with E-state index in [-0.39, 0.29) is 0 Å². The summed E-state index contributed by atoms with van der Waals surface area (Å²) in [5, 5.41) is 3.95. The van der Waals surface area contributed by atoms with Gasteiger partial charge in [-0.2, -0.15) is 0 Å². The van der Waals surface area contributed by atoms with Crippen LogP contribution in [0.15, 0.2) is 17.4 Å². The standard InChI is InChI=1S/C10H18N4O2S2/c1-10(2,14-18(4,15)16)6-11-8-5-9(17-3)13-7-12-8/h5,7,14H,6H2,1-4H3,(H,11,12,13). The molecule has 1 aromatic heterocycles. The first kappa shape index (κ1) is 15.2. The molecule has 0 aliphatic heterocycles. The number of sulfonamides is 1. The lowest BCUT2D eigenvalue weighted by atomic mass is 10.1. The third kappa shape index (κ3) is 5.65. The van der Waals surface area contributed by atoms with Crippen molar-refractivity contribution in [3.8, 4) is 0 Å². The zero-order valence-corrected chi connectivity index (χ0v) is 12.5. The Morgan fingerprint density at radius 3 is 2.61 bits per heavy atom. The maximum Gasteiger partial charge on any atom is 0.209 e. The third-order valence-corrected chi connectivity index (χ3v) is 3.59. The summed E-state index contributed by atoms with van der Waals surface area (Å²) in [6, 6.07) is 1.82. The van der Waals surface area contributed by atoms with Crippen molar-refractivity contribution in [2.75, 3.05) is 24.4 Å². The highest BCUT2D eigenvalue weighted by Crippen LogP contribution is 2.14. The maximum atomic E-state index is 11.2. The van der Waals surface area contributed by atoms with E-state index >= 15 is 0 Å². The highest BCUT2D eigenvalue weighted by atomic mass is 32.2. The van der Waals surface area contributed by atoms with Gasteiger partial charge in [-0.15, -0.1) is 11.8 Å². The van der Waals surface area contributed by atoms with Gasteiger partial charge in [0.15, 0.2) is 0 Å². The predicted octanol–water partition coefficient (Wildman–Crippen LogP) is 0.938. The Morgan fingerprint density at radius 2 is 2.06 bits per heavy atom. The monoisotopic (exact) mass is 290 g/mol. The molecule has 6 nitrogen and oxygen atoms in total. The molecule has 0 bridgehead atoms. The van der Waals surface area contributed by atoms with Gasteiger partial charge >= 0.3 is 0 Å². The molecule has 0 atom stereocenters. The van der Waals surface area contributed by atoms with E-state index in [4.69, 9.17) is 0 Å². The molecule has 1 rings (SSSR count). The van der Waals surface area contributed by atoms with E-state index < -0.39 is 15.6 Å². The molecule has 0 radical (unpaired) electrons. The lowest BCUT2D eigenvalue weighted by Crippen LogP contribution is -2.47. The van der Waals surface area contributed by atoms with Crippen molar-refractivity contribution in [3.05, 3.63) is 12.4 Å². The molecule has 0 amide bonds. The average Bonchev–Trinajstić information content (AvgIpc) is 2.24. The Morgan fingerprint density at radius 1 is 1.39 bits per heavy atom. The van der Waals surface area contributed by atoms with Crippen LogP contribution in [0, 0.1) is 0 Å². The highest BCUT2D eigenvalue weighted by Gasteiger charge is 2.21. The average molecular weight is 290 g/mol. The van der Waals surface area contributed by atoms with Gasteiger partial charge in [-0.3, -0.25) is 0 Å². The van der Waals surface area contributed by atoms with Crippen molar-refractivity contribution < 1.29 is 8.42 Å². The van der Waals surface area contributed by atoms with Crippen LogP contribution in [0.1, 0.15) is 13.8 Å². The van der Waals surface area contributed by atoms with Gasteiger partial charge in [0, 0.05) is 18.2 Å². The number of nitrogens with zero attached hydrogens (tertiary/aromatic N) is 2. The van der Waals surface area contributed by atoms with Crippen LogP contribution in [0.2, 0.25) is 0 Å². The molecule has 0 unspecified atom stereocenters. The quantitative estimate of drug-likeness (QED) is 0.599. The smallest absolute Gasteiger partial charge is 0.209 e. The number of anilines is 1. The first-order valence-electron chi connectivity index (χ1n) is 5.31. The summed E-state index contributed by atoms with van der Waals surface area (Å²) >= 11 is 1.52. The summed E-state index contributed by atoms with van der Waals surface area (Å²) in [6.07, 6.45) is 4.55. The van der Waals surface area contributed by atoms with E-state index in [9.17, 15) is 8.42 Å². The van der Waals surface area contributed by atoms with Crippen molar-refractivity contribution in [1.82, 2.24) is 14.7 Å². The van der Waals surface area contributed by atoms with E-state index in [2.05, 4.69) is 20.0 Å². The molecule has 0 fully saturated rings. The highest BCUT2D eigenvalue weighted by molar-refractivity contribution is 7.98. The van der Waals surface area contributed by atoms with Crippen LogP contribution in [0.3, 0.4) is 0 Å². The molecule has 1 aromatic rings. The Balaban J connectivity index is 2.63. The Hall–Kier alpha value is -0.860. The van der Waals surface area contributed by atoms with Crippen LogP contribution in [0.4, 0.5) is 5.82 Å². The van der Waals surface area contributed by atoms with Gasteiger partial charge < -0.3 is 5.32 Å². The second-order valence-electron chi connectivity index (χ2n) is 4.56. The van der Waals surface area contributed by atoms with E-state index in [1.165, 1.54) is 18.1 Å². The normalized spacial score (nSPS) is 12.4. The molecule has 1 heterocycles. The largest absolute Gasteiger partial charge is 0.368 e.